The van der Waals surface area contributed by atoms with Crippen LogP contribution in [0.5, 0.6) is 0 Å². The Morgan fingerprint density at radius 3 is 2.35 bits per heavy atom. The van der Waals surface area contributed by atoms with Gasteiger partial charge in [-0.2, -0.15) is 0 Å². The molecular formula is C17H33O2P. The predicted molar refractivity (Wildman–Crippen MR) is 90.9 cm³/mol. The summed E-state index contributed by atoms with van der Waals surface area (Å²) in [5.41, 5.74) is 0.144. The number of carbonyl (C=O) groups excluding carboxylic acids is 1. The van der Waals surface area contributed by atoms with E-state index < -0.39 is 0 Å². The molecule has 0 fully saturated rings. The summed E-state index contributed by atoms with van der Waals surface area (Å²) in [5, 5.41) is -0.335. The molecule has 0 amide bonds. The summed E-state index contributed by atoms with van der Waals surface area (Å²) in [6.07, 6.45) is 5.87. The molecule has 2 nitrogen and oxygen atoms in total. The summed E-state index contributed by atoms with van der Waals surface area (Å²) in [7, 11) is 0.571. The Morgan fingerprint density at radius 1 is 1.35 bits per heavy atom. The molecule has 0 heterocycles. The number of rotatable bonds is 9. The van der Waals surface area contributed by atoms with Crippen molar-refractivity contribution < 1.29 is 9.53 Å². The van der Waals surface area contributed by atoms with E-state index in [1.807, 2.05) is 13.0 Å². The molecule has 3 unspecified atom stereocenters. The Hall–Kier alpha value is -0.360. The van der Waals surface area contributed by atoms with Crippen molar-refractivity contribution in [3.8, 4) is 0 Å². The largest absolute Gasteiger partial charge is 0.465 e. The SMILES string of the molecule is C=CCC(CC)CCOC(=O)C(C)(CC(C)(C)C)PC. The molecule has 20 heavy (non-hydrogen) atoms. The summed E-state index contributed by atoms with van der Waals surface area (Å²) in [6, 6.07) is 0. The number of hydrogen-bond donors (Lipinski definition) is 0. The van der Waals surface area contributed by atoms with Gasteiger partial charge in [0.15, 0.2) is 0 Å². The summed E-state index contributed by atoms with van der Waals surface area (Å²) in [5.74, 6) is 0.556. The Balaban J connectivity index is 4.39. The molecule has 0 N–H and O–H groups in total. The third-order valence-electron chi connectivity index (χ3n) is 3.72. The molecule has 0 saturated heterocycles. The molecule has 0 rings (SSSR count). The van der Waals surface area contributed by atoms with E-state index in [0.717, 1.165) is 25.7 Å². The van der Waals surface area contributed by atoms with Gasteiger partial charge in [0.1, 0.15) is 0 Å². The molecule has 0 aliphatic heterocycles. The van der Waals surface area contributed by atoms with Crippen LogP contribution < -0.4 is 0 Å². The monoisotopic (exact) mass is 300 g/mol. The van der Waals surface area contributed by atoms with Gasteiger partial charge in [0, 0.05) is 0 Å². The van der Waals surface area contributed by atoms with E-state index in [4.69, 9.17) is 4.74 Å². The van der Waals surface area contributed by atoms with Crippen molar-refractivity contribution in [3.05, 3.63) is 12.7 Å². The second-order valence-electron chi connectivity index (χ2n) is 7.04. The van der Waals surface area contributed by atoms with Gasteiger partial charge in [-0.1, -0.05) is 40.2 Å². The lowest BCUT2D eigenvalue weighted by Gasteiger charge is -2.32. The highest BCUT2D eigenvalue weighted by Crippen LogP contribution is 2.40. The zero-order chi connectivity index (χ0) is 15.8. The number of carbonyl (C=O) groups is 1. The zero-order valence-corrected chi connectivity index (χ0v) is 15.2. The normalized spacial score (nSPS) is 16.9. The minimum Gasteiger partial charge on any atom is -0.465 e. The first kappa shape index (κ1) is 19.6. The van der Waals surface area contributed by atoms with Crippen molar-refractivity contribution in [2.75, 3.05) is 13.3 Å². The lowest BCUT2D eigenvalue weighted by Crippen LogP contribution is -2.36. The first-order valence-electron chi connectivity index (χ1n) is 7.65. The van der Waals surface area contributed by atoms with Crippen LogP contribution in [0, 0.1) is 11.3 Å². The van der Waals surface area contributed by atoms with E-state index in [0.29, 0.717) is 21.1 Å². The van der Waals surface area contributed by atoms with Crippen LogP contribution in [0.4, 0.5) is 0 Å². The van der Waals surface area contributed by atoms with Gasteiger partial charge in [-0.25, -0.2) is 0 Å². The van der Waals surface area contributed by atoms with E-state index >= 15 is 0 Å². The predicted octanol–water partition coefficient (Wildman–Crippen LogP) is 5.03. The van der Waals surface area contributed by atoms with E-state index in [1.165, 1.54) is 0 Å². The first-order valence-corrected chi connectivity index (χ1v) is 9.15. The number of hydrogen-bond acceptors (Lipinski definition) is 2. The van der Waals surface area contributed by atoms with Crippen molar-refractivity contribution >= 4 is 14.6 Å². The molecule has 0 spiro atoms. The Kier molecular flexibility index (Phi) is 8.66. The van der Waals surface area contributed by atoms with Gasteiger partial charge in [0.05, 0.1) is 11.8 Å². The molecule has 0 aliphatic carbocycles. The van der Waals surface area contributed by atoms with E-state index in [9.17, 15) is 4.79 Å². The van der Waals surface area contributed by atoms with Gasteiger partial charge in [-0.05, 0) is 44.2 Å². The zero-order valence-electron chi connectivity index (χ0n) is 14.2. The van der Waals surface area contributed by atoms with Gasteiger partial charge in [0.25, 0.3) is 0 Å². The second kappa shape index (κ2) is 8.82. The smallest absolute Gasteiger partial charge is 0.315 e. The van der Waals surface area contributed by atoms with Crippen LogP contribution in [0.25, 0.3) is 0 Å². The highest BCUT2D eigenvalue weighted by Gasteiger charge is 2.37. The summed E-state index contributed by atoms with van der Waals surface area (Å²) in [4.78, 5) is 12.4. The minimum absolute atomic E-state index is 0.0262. The van der Waals surface area contributed by atoms with Crippen LogP contribution >= 0.6 is 8.58 Å². The molecule has 0 aromatic heterocycles. The molecule has 0 aromatic carbocycles. The van der Waals surface area contributed by atoms with E-state index in [-0.39, 0.29) is 16.5 Å². The molecule has 0 aromatic rings. The quantitative estimate of drug-likeness (QED) is 0.339. The van der Waals surface area contributed by atoms with Crippen molar-refractivity contribution in [1.82, 2.24) is 0 Å². The van der Waals surface area contributed by atoms with E-state index in [2.05, 4.69) is 40.9 Å². The third kappa shape index (κ3) is 7.43. The first-order chi connectivity index (χ1) is 9.18. The minimum atomic E-state index is -0.335. The molecule has 0 saturated carbocycles. The lowest BCUT2D eigenvalue weighted by molar-refractivity contribution is -0.147. The van der Waals surface area contributed by atoms with E-state index in [1.54, 1.807) is 0 Å². The summed E-state index contributed by atoms with van der Waals surface area (Å²) < 4.78 is 5.56. The molecule has 3 heteroatoms. The fraction of sp³-hybridized carbons (Fsp3) is 0.824. The molecule has 3 atom stereocenters. The van der Waals surface area contributed by atoms with Crippen LogP contribution in [0.15, 0.2) is 12.7 Å². The van der Waals surface area contributed by atoms with Gasteiger partial charge < -0.3 is 4.74 Å². The van der Waals surface area contributed by atoms with Crippen LogP contribution in [-0.2, 0) is 9.53 Å². The van der Waals surface area contributed by atoms with Crippen molar-refractivity contribution in [1.29, 1.82) is 0 Å². The second-order valence-corrected chi connectivity index (χ2v) is 8.65. The van der Waals surface area contributed by atoms with Gasteiger partial charge in [0.2, 0.25) is 0 Å². The molecule has 0 aliphatic rings. The third-order valence-corrected chi connectivity index (χ3v) is 5.21. The highest BCUT2D eigenvalue weighted by molar-refractivity contribution is 7.40. The summed E-state index contributed by atoms with van der Waals surface area (Å²) in [6.45, 7) is 17.2. The topological polar surface area (TPSA) is 26.3 Å². The molecular weight excluding hydrogens is 267 g/mol. The van der Waals surface area contributed by atoms with Crippen molar-refractivity contribution in [3.63, 3.8) is 0 Å². The fourth-order valence-electron chi connectivity index (χ4n) is 2.53. The fourth-order valence-corrected chi connectivity index (χ4v) is 3.51. The Bertz CT molecular complexity index is 307. The molecule has 0 bridgehead atoms. The number of esters is 1. The van der Waals surface area contributed by atoms with Crippen molar-refractivity contribution in [2.24, 2.45) is 11.3 Å². The standard InChI is InChI=1S/C17H33O2P/c1-8-10-14(9-2)11-12-19-15(18)17(6,20-7)13-16(3,4)5/h8,14,20H,1,9-13H2,2-7H3. The number of allylic oxidation sites excluding steroid dienone is 1. The van der Waals surface area contributed by atoms with Crippen LogP contribution in [0.2, 0.25) is 0 Å². The maximum atomic E-state index is 12.4. The van der Waals surface area contributed by atoms with Crippen molar-refractivity contribution in [2.45, 2.75) is 65.5 Å². The van der Waals surface area contributed by atoms with Crippen LogP contribution in [0.3, 0.4) is 0 Å². The van der Waals surface area contributed by atoms with Gasteiger partial charge in [-0.15, -0.1) is 15.2 Å². The van der Waals surface area contributed by atoms with Gasteiger partial charge >= 0.3 is 5.97 Å². The van der Waals surface area contributed by atoms with Gasteiger partial charge in [-0.3, -0.25) is 4.79 Å². The van der Waals surface area contributed by atoms with Crippen LogP contribution in [0.1, 0.15) is 60.3 Å². The lowest BCUT2D eigenvalue weighted by atomic mass is 9.85. The highest BCUT2D eigenvalue weighted by atomic mass is 31.1. The van der Waals surface area contributed by atoms with Crippen LogP contribution in [-0.4, -0.2) is 24.4 Å². The molecule has 118 valence electrons. The number of ether oxygens (including phenoxy) is 1. The Morgan fingerprint density at radius 2 is 1.95 bits per heavy atom. The molecule has 0 radical (unpaired) electrons. The average Bonchev–Trinajstić information content (AvgIpc) is 2.35. The Labute approximate surface area is 127 Å². The maximum absolute atomic E-state index is 12.4. The maximum Gasteiger partial charge on any atom is 0.315 e. The summed E-state index contributed by atoms with van der Waals surface area (Å²) >= 11 is 0. The average molecular weight is 300 g/mol.